The van der Waals surface area contributed by atoms with E-state index in [1.54, 1.807) is 12.1 Å². The third-order valence-electron chi connectivity index (χ3n) is 5.08. The summed E-state index contributed by atoms with van der Waals surface area (Å²) in [5, 5.41) is 0.0802. The highest BCUT2D eigenvalue weighted by Gasteiger charge is 2.27. The van der Waals surface area contributed by atoms with Crippen molar-refractivity contribution < 1.29 is 14.4 Å². The second-order valence-corrected chi connectivity index (χ2v) is 9.30. The zero-order chi connectivity index (χ0) is 20.5. The minimum atomic E-state index is -4.46. The van der Waals surface area contributed by atoms with E-state index in [9.17, 15) is 14.4 Å². The highest BCUT2D eigenvalue weighted by atomic mass is 31.2. The van der Waals surface area contributed by atoms with Gasteiger partial charge in [-0.1, -0.05) is 88.4 Å². The molecule has 4 heteroatoms. The molecule has 0 atom stereocenters. The molecule has 3 aromatic rings. The summed E-state index contributed by atoms with van der Waals surface area (Å²) in [5.41, 5.74) is 5.62. The van der Waals surface area contributed by atoms with Crippen LogP contribution in [0.3, 0.4) is 0 Å². The van der Waals surface area contributed by atoms with Crippen molar-refractivity contribution in [1.29, 1.82) is 0 Å². The van der Waals surface area contributed by atoms with Crippen LogP contribution < -0.4 is 5.30 Å². The lowest BCUT2D eigenvalue weighted by atomic mass is 9.85. The van der Waals surface area contributed by atoms with Crippen LogP contribution >= 0.6 is 7.60 Å². The van der Waals surface area contributed by atoms with Gasteiger partial charge in [0.05, 0.1) is 5.30 Å². The monoisotopic (exact) mass is 394 g/mol. The lowest BCUT2D eigenvalue weighted by Crippen LogP contribution is -2.11. The van der Waals surface area contributed by atoms with E-state index >= 15 is 0 Å². The van der Waals surface area contributed by atoms with Crippen molar-refractivity contribution in [2.45, 2.75) is 39.5 Å². The van der Waals surface area contributed by atoms with E-state index < -0.39 is 7.60 Å². The summed E-state index contributed by atoms with van der Waals surface area (Å²) in [6.07, 6.45) is 0. The zero-order valence-corrected chi connectivity index (χ0v) is 17.6. The Balaban J connectivity index is 2.45. The van der Waals surface area contributed by atoms with E-state index in [4.69, 9.17) is 0 Å². The second kappa shape index (κ2) is 8.05. The van der Waals surface area contributed by atoms with Crippen LogP contribution in [0.25, 0.3) is 22.3 Å². The summed E-state index contributed by atoms with van der Waals surface area (Å²) in [6, 6.07) is 21.3. The molecule has 0 aliphatic heterocycles. The van der Waals surface area contributed by atoms with E-state index in [2.05, 4.69) is 33.8 Å². The predicted molar refractivity (Wildman–Crippen MR) is 117 cm³/mol. The van der Waals surface area contributed by atoms with E-state index in [0.717, 1.165) is 27.8 Å². The molecule has 0 aliphatic carbocycles. The van der Waals surface area contributed by atoms with Crippen LogP contribution in [0.1, 0.15) is 50.7 Å². The van der Waals surface area contributed by atoms with Gasteiger partial charge in [0.25, 0.3) is 0 Å². The number of benzene rings is 3. The topological polar surface area (TPSA) is 57.5 Å². The van der Waals surface area contributed by atoms with Gasteiger partial charge in [0, 0.05) is 5.56 Å². The minimum absolute atomic E-state index is 0.0802. The molecule has 0 spiro atoms. The molecule has 146 valence electrons. The fourth-order valence-corrected chi connectivity index (χ4v) is 4.58. The van der Waals surface area contributed by atoms with Crippen LogP contribution in [0.15, 0.2) is 66.7 Å². The molecular formula is C24H27O3P. The Morgan fingerprint density at radius 1 is 0.643 bits per heavy atom. The third-order valence-corrected chi connectivity index (χ3v) is 6.08. The van der Waals surface area contributed by atoms with Gasteiger partial charge in [0.2, 0.25) is 0 Å². The average Bonchev–Trinajstić information content (AvgIpc) is 2.66. The maximum atomic E-state index is 12.4. The van der Waals surface area contributed by atoms with Crippen LogP contribution in [-0.2, 0) is 4.57 Å². The Bertz CT molecular complexity index is 1030. The smallest absolute Gasteiger partial charge is 0.321 e. The van der Waals surface area contributed by atoms with Gasteiger partial charge in [-0.25, -0.2) is 0 Å². The Morgan fingerprint density at radius 2 is 1.11 bits per heavy atom. The highest BCUT2D eigenvalue weighted by molar-refractivity contribution is 7.60. The first-order valence-electron chi connectivity index (χ1n) is 9.59. The molecule has 2 N–H and O–H groups in total. The Morgan fingerprint density at radius 3 is 1.64 bits per heavy atom. The van der Waals surface area contributed by atoms with Gasteiger partial charge < -0.3 is 9.79 Å². The van der Waals surface area contributed by atoms with Crippen LogP contribution in [0.4, 0.5) is 0 Å². The van der Waals surface area contributed by atoms with Crippen molar-refractivity contribution in [3.05, 3.63) is 77.9 Å². The van der Waals surface area contributed by atoms with Crippen molar-refractivity contribution in [2.75, 3.05) is 0 Å². The van der Waals surface area contributed by atoms with Gasteiger partial charge in [-0.05, 0) is 45.7 Å². The molecule has 3 nitrogen and oxygen atoms in total. The normalized spacial score (nSPS) is 12.0. The summed E-state index contributed by atoms with van der Waals surface area (Å²) < 4.78 is 12.4. The zero-order valence-electron chi connectivity index (χ0n) is 16.8. The summed E-state index contributed by atoms with van der Waals surface area (Å²) in [6.45, 7) is 8.46. The quantitative estimate of drug-likeness (QED) is 0.516. The van der Waals surface area contributed by atoms with Gasteiger partial charge in [-0.15, -0.1) is 0 Å². The molecule has 3 aromatic carbocycles. The van der Waals surface area contributed by atoms with Crippen LogP contribution in [0.5, 0.6) is 0 Å². The van der Waals surface area contributed by atoms with Crippen molar-refractivity contribution in [2.24, 2.45) is 0 Å². The third kappa shape index (κ3) is 3.98. The first-order chi connectivity index (χ1) is 13.2. The first-order valence-corrected chi connectivity index (χ1v) is 11.2. The molecule has 0 bridgehead atoms. The maximum Gasteiger partial charge on any atom is 0.356 e. The molecule has 0 unspecified atom stereocenters. The highest BCUT2D eigenvalue weighted by Crippen LogP contribution is 2.44. The van der Waals surface area contributed by atoms with Crippen LogP contribution in [-0.4, -0.2) is 9.79 Å². The molecule has 0 fully saturated rings. The van der Waals surface area contributed by atoms with Crippen molar-refractivity contribution >= 4 is 12.9 Å². The van der Waals surface area contributed by atoms with Crippen molar-refractivity contribution in [3.63, 3.8) is 0 Å². The molecule has 3 rings (SSSR count). The summed E-state index contributed by atoms with van der Waals surface area (Å²) in [4.78, 5) is 20.2. The van der Waals surface area contributed by atoms with Crippen molar-refractivity contribution in [3.8, 4) is 22.3 Å². The Kier molecular flexibility index (Phi) is 5.90. The van der Waals surface area contributed by atoms with E-state index in [-0.39, 0.29) is 11.2 Å². The Hall–Kier alpha value is -2.19. The summed E-state index contributed by atoms with van der Waals surface area (Å²) in [5.74, 6) is 0.525. The number of hydrogen-bond acceptors (Lipinski definition) is 1. The molecular weight excluding hydrogens is 367 g/mol. The summed E-state index contributed by atoms with van der Waals surface area (Å²) in [7, 11) is -4.46. The predicted octanol–water partition coefficient (Wildman–Crippen LogP) is 6.07. The molecule has 0 saturated carbocycles. The van der Waals surface area contributed by atoms with E-state index in [1.807, 2.05) is 48.5 Å². The maximum absolute atomic E-state index is 12.4. The minimum Gasteiger partial charge on any atom is -0.321 e. The lowest BCUT2D eigenvalue weighted by molar-refractivity contribution is 0.387. The van der Waals surface area contributed by atoms with Crippen molar-refractivity contribution in [1.82, 2.24) is 0 Å². The van der Waals surface area contributed by atoms with Gasteiger partial charge in [0.1, 0.15) is 0 Å². The Labute approximate surface area is 167 Å². The SMILES string of the molecule is CC(C)c1ccccc1-c1cccc(P(=O)(O)O)c1-c1ccccc1C(C)C. The standard InChI is InChI=1S/C24H27O3P/c1-16(2)18-10-5-7-12-20(18)22-14-9-15-23(28(25,26)27)24(22)21-13-8-6-11-19(21)17(3)4/h5-17H,1-4H3,(H2,25,26,27). The van der Waals surface area contributed by atoms with Crippen LogP contribution in [0, 0.1) is 0 Å². The van der Waals surface area contributed by atoms with Gasteiger partial charge in [0.15, 0.2) is 0 Å². The number of rotatable bonds is 5. The molecule has 0 aliphatic rings. The molecule has 0 amide bonds. The molecule has 0 aromatic heterocycles. The molecule has 28 heavy (non-hydrogen) atoms. The van der Waals surface area contributed by atoms with E-state index in [0.29, 0.717) is 11.5 Å². The fourth-order valence-electron chi connectivity index (χ4n) is 3.76. The molecule has 0 heterocycles. The largest absolute Gasteiger partial charge is 0.356 e. The molecule has 0 saturated heterocycles. The number of hydrogen-bond donors (Lipinski definition) is 2. The van der Waals surface area contributed by atoms with Crippen LogP contribution in [0.2, 0.25) is 0 Å². The first kappa shape index (κ1) is 20.5. The van der Waals surface area contributed by atoms with Gasteiger partial charge in [-0.2, -0.15) is 0 Å². The van der Waals surface area contributed by atoms with Gasteiger partial charge in [-0.3, -0.25) is 4.57 Å². The lowest BCUT2D eigenvalue weighted by Gasteiger charge is -2.22. The second-order valence-electron chi connectivity index (χ2n) is 7.73. The van der Waals surface area contributed by atoms with E-state index in [1.165, 1.54) is 0 Å². The molecule has 0 radical (unpaired) electrons. The average molecular weight is 394 g/mol. The van der Waals surface area contributed by atoms with Gasteiger partial charge >= 0.3 is 7.60 Å². The fraction of sp³-hybridized carbons (Fsp3) is 0.250. The summed E-state index contributed by atoms with van der Waals surface area (Å²) >= 11 is 0.